The van der Waals surface area contributed by atoms with Crippen LogP contribution in [0.2, 0.25) is 0 Å². The Morgan fingerprint density at radius 1 is 0.667 bits per heavy atom. The third-order valence-electron chi connectivity index (χ3n) is 5.19. The van der Waals surface area contributed by atoms with Crippen LogP contribution in [0.5, 0.6) is 0 Å². The molecule has 0 fully saturated rings. The molecule has 0 aromatic carbocycles. The van der Waals surface area contributed by atoms with Gasteiger partial charge in [-0.25, -0.2) is 0 Å². The number of quaternary nitrogens is 1. The van der Waals surface area contributed by atoms with Crippen LogP contribution >= 0.6 is 0 Å². The summed E-state index contributed by atoms with van der Waals surface area (Å²) < 4.78 is 16.7. The maximum absolute atomic E-state index is 6.02. The van der Waals surface area contributed by atoms with Gasteiger partial charge in [-0.2, -0.15) is 0 Å². The molecule has 0 amide bonds. The Bertz CT molecular complexity index is 316. The molecule has 0 saturated carbocycles. The van der Waals surface area contributed by atoms with Crippen molar-refractivity contribution < 1.29 is 31.1 Å². The van der Waals surface area contributed by atoms with E-state index in [2.05, 4.69) is 26.2 Å². The Morgan fingerprint density at radius 2 is 1.00 bits per heavy atom. The van der Waals surface area contributed by atoms with Gasteiger partial charge in [0.2, 0.25) is 0 Å². The first kappa shape index (κ1) is 29.5. The van der Waals surface area contributed by atoms with Gasteiger partial charge in [-0.05, 0) is 20.3 Å². The zero-order chi connectivity index (χ0) is 19.7. The van der Waals surface area contributed by atoms with Gasteiger partial charge in [0.05, 0.1) is 5.60 Å². The molecule has 0 heterocycles. The molecule has 0 aromatic heterocycles. The third kappa shape index (κ3) is 18.1. The molecule has 3 N–H and O–H groups in total. The standard InChI is InChI=1S/C21H48NO3Si.ClH/c1-6-7-8-9-10-11-12-13-14-15-16-17-18-19-20-21(2,3)25-26(22,23-4)24-5;/h6-20H2,1-5,22H3;1H/q+1;/p-1. The Labute approximate surface area is 177 Å². The minimum absolute atomic E-state index is 0. The molecular weight excluding hydrogens is 378 g/mol. The number of rotatable bonds is 19. The van der Waals surface area contributed by atoms with Crippen LogP contribution in [-0.2, 0) is 13.3 Å². The van der Waals surface area contributed by atoms with E-state index in [1.807, 2.05) is 0 Å². The minimum atomic E-state index is -2.69. The number of hydrogen-bond donors (Lipinski definition) is 1. The highest BCUT2D eigenvalue weighted by Gasteiger charge is 2.49. The topological polar surface area (TPSA) is 55.3 Å². The zero-order valence-corrected chi connectivity index (χ0v) is 20.7. The predicted octanol–water partition coefficient (Wildman–Crippen LogP) is 2.63. The van der Waals surface area contributed by atoms with Crippen LogP contribution in [0.25, 0.3) is 0 Å². The van der Waals surface area contributed by atoms with E-state index >= 15 is 0 Å². The van der Waals surface area contributed by atoms with E-state index in [1.54, 1.807) is 14.2 Å². The van der Waals surface area contributed by atoms with Gasteiger partial charge < -0.3 is 31.1 Å². The van der Waals surface area contributed by atoms with Crippen molar-refractivity contribution in [1.82, 2.24) is 0 Å². The monoisotopic (exact) mass is 425 g/mol. The SMILES string of the molecule is CCCCCCCCCCCCCCCCC(C)(C)O[Si]([NH3+])(OC)OC.[Cl-]. The van der Waals surface area contributed by atoms with Gasteiger partial charge in [0.15, 0.2) is 0 Å². The van der Waals surface area contributed by atoms with Crippen molar-refractivity contribution in [1.29, 1.82) is 0 Å². The molecule has 0 aliphatic heterocycles. The molecule has 0 bridgehead atoms. The average Bonchev–Trinajstić information content (AvgIpc) is 2.61. The smallest absolute Gasteiger partial charge is 0.779 e. The molecule has 0 aromatic rings. The van der Waals surface area contributed by atoms with E-state index in [4.69, 9.17) is 13.3 Å². The molecule has 0 aliphatic rings. The van der Waals surface area contributed by atoms with Crippen LogP contribution in [0.3, 0.4) is 0 Å². The Morgan fingerprint density at radius 3 is 1.33 bits per heavy atom. The highest BCUT2D eigenvalue weighted by molar-refractivity contribution is 6.50. The second-order valence-electron chi connectivity index (χ2n) is 8.30. The summed E-state index contributed by atoms with van der Waals surface area (Å²) in [5.74, 6) is 0. The number of hydrogen-bond acceptors (Lipinski definition) is 3. The Balaban J connectivity index is 0. The maximum atomic E-state index is 6.02. The molecule has 6 heteroatoms. The molecule has 4 nitrogen and oxygen atoms in total. The van der Waals surface area contributed by atoms with Gasteiger partial charge in [0.1, 0.15) is 0 Å². The lowest BCUT2D eigenvalue weighted by Gasteiger charge is -2.29. The van der Waals surface area contributed by atoms with Crippen LogP contribution in [0, 0.1) is 0 Å². The second-order valence-corrected chi connectivity index (χ2v) is 10.7. The van der Waals surface area contributed by atoms with Crippen molar-refractivity contribution in [3.05, 3.63) is 0 Å². The van der Waals surface area contributed by atoms with Gasteiger partial charge in [-0.3, -0.25) is 0 Å². The molecule has 0 atom stereocenters. The highest BCUT2D eigenvalue weighted by atomic mass is 35.5. The lowest BCUT2D eigenvalue weighted by Crippen LogP contribution is -3.00. The van der Waals surface area contributed by atoms with Gasteiger partial charge in [0.25, 0.3) is 0 Å². The van der Waals surface area contributed by atoms with Crippen LogP contribution in [-0.4, -0.2) is 28.8 Å². The van der Waals surface area contributed by atoms with Crippen molar-refractivity contribution in [2.24, 2.45) is 0 Å². The fourth-order valence-electron chi connectivity index (χ4n) is 3.38. The fraction of sp³-hybridized carbons (Fsp3) is 1.00. The first-order valence-electron chi connectivity index (χ1n) is 11.0. The third-order valence-corrected chi connectivity index (χ3v) is 7.29. The number of halogens is 1. The van der Waals surface area contributed by atoms with Gasteiger partial charge >= 0.3 is 8.97 Å². The van der Waals surface area contributed by atoms with Crippen LogP contribution in [0.4, 0.5) is 0 Å². The molecule has 0 aliphatic carbocycles. The minimum Gasteiger partial charge on any atom is -1.00 e. The lowest BCUT2D eigenvalue weighted by molar-refractivity contribution is -0.321. The summed E-state index contributed by atoms with van der Waals surface area (Å²) in [5, 5.41) is 3.98. The molecule has 0 unspecified atom stereocenters. The predicted molar refractivity (Wildman–Crippen MR) is 113 cm³/mol. The molecule has 27 heavy (non-hydrogen) atoms. The summed E-state index contributed by atoms with van der Waals surface area (Å²) in [6.45, 7) is 6.51. The van der Waals surface area contributed by atoms with Crippen molar-refractivity contribution >= 4 is 8.97 Å². The Kier molecular flexibility index (Phi) is 20.1. The average molecular weight is 426 g/mol. The lowest BCUT2D eigenvalue weighted by atomic mass is 9.99. The van der Waals surface area contributed by atoms with Crippen LogP contribution < -0.4 is 17.8 Å². The van der Waals surface area contributed by atoms with E-state index in [9.17, 15) is 0 Å². The van der Waals surface area contributed by atoms with Crippen LogP contribution in [0.15, 0.2) is 0 Å². The molecule has 0 spiro atoms. The van der Waals surface area contributed by atoms with E-state index in [1.165, 1.54) is 89.9 Å². The molecule has 0 saturated heterocycles. The van der Waals surface area contributed by atoms with E-state index < -0.39 is 8.97 Å². The molecule has 0 rings (SSSR count). The van der Waals surface area contributed by atoms with Crippen molar-refractivity contribution in [2.75, 3.05) is 14.2 Å². The van der Waals surface area contributed by atoms with E-state index in [-0.39, 0.29) is 18.0 Å². The summed E-state index contributed by atoms with van der Waals surface area (Å²) >= 11 is 0. The fourth-order valence-corrected chi connectivity index (χ4v) is 4.66. The first-order chi connectivity index (χ1) is 12.4. The quantitative estimate of drug-likeness (QED) is 0.255. The largest absolute Gasteiger partial charge is 1.00 e. The summed E-state index contributed by atoms with van der Waals surface area (Å²) in [5.41, 5.74) is -0.225. The summed E-state index contributed by atoms with van der Waals surface area (Å²) in [6, 6.07) is 0. The van der Waals surface area contributed by atoms with Gasteiger partial charge in [0, 0.05) is 14.2 Å². The molecule has 166 valence electrons. The van der Waals surface area contributed by atoms with E-state index in [0.29, 0.717) is 0 Å². The van der Waals surface area contributed by atoms with E-state index in [0.717, 1.165) is 6.42 Å². The zero-order valence-electron chi connectivity index (χ0n) is 18.9. The normalized spacial score (nSPS) is 12.2. The summed E-state index contributed by atoms with van der Waals surface area (Å²) in [7, 11) is 0.543. The van der Waals surface area contributed by atoms with Crippen LogP contribution in [0.1, 0.15) is 117 Å². The number of unbranched alkanes of at least 4 members (excludes halogenated alkanes) is 13. The second kappa shape index (κ2) is 18.4. The van der Waals surface area contributed by atoms with Gasteiger partial charge in [-0.15, -0.1) is 0 Å². The summed E-state index contributed by atoms with van der Waals surface area (Å²) in [6.07, 6.45) is 20.5. The van der Waals surface area contributed by atoms with Crippen molar-refractivity contribution in [3.63, 3.8) is 0 Å². The van der Waals surface area contributed by atoms with Crippen molar-refractivity contribution in [3.8, 4) is 0 Å². The molecule has 0 radical (unpaired) electrons. The summed E-state index contributed by atoms with van der Waals surface area (Å²) in [4.78, 5) is 0. The van der Waals surface area contributed by atoms with Crippen molar-refractivity contribution in [2.45, 2.75) is 123 Å². The van der Waals surface area contributed by atoms with Gasteiger partial charge in [-0.1, -0.05) is 96.8 Å². The maximum Gasteiger partial charge on any atom is 0.779 e. The highest BCUT2D eigenvalue weighted by Crippen LogP contribution is 2.22. The molecular formula is C21H48ClNO3Si. The Hall–Kier alpha value is 0.347. The first-order valence-corrected chi connectivity index (χ1v) is 13.0.